The first kappa shape index (κ1) is 12.3. The first-order valence-electron chi connectivity index (χ1n) is 4.39. The van der Waals surface area contributed by atoms with E-state index in [4.69, 9.17) is 5.73 Å². The van der Waals surface area contributed by atoms with Crippen molar-refractivity contribution in [2.75, 3.05) is 5.75 Å². The summed E-state index contributed by atoms with van der Waals surface area (Å²) in [6.07, 6.45) is -4.39. The molecule has 84 valence electrons. The van der Waals surface area contributed by atoms with E-state index in [-0.39, 0.29) is 6.54 Å². The average molecular weight is 236 g/mol. The van der Waals surface area contributed by atoms with Gasteiger partial charge in [0, 0.05) is 6.54 Å². The Bertz CT molecular complexity index is 339. The van der Waals surface area contributed by atoms with E-state index < -0.39 is 11.9 Å². The van der Waals surface area contributed by atoms with E-state index in [2.05, 4.69) is 4.98 Å². The molecular weight excluding hydrogens is 225 g/mol. The maximum Gasteiger partial charge on any atom is 0.433 e. The molecule has 0 bridgehead atoms. The summed E-state index contributed by atoms with van der Waals surface area (Å²) < 4.78 is 37.0. The van der Waals surface area contributed by atoms with Gasteiger partial charge in [0.1, 0.15) is 10.7 Å². The molecule has 0 radical (unpaired) electrons. The molecule has 0 aromatic carbocycles. The molecule has 0 spiro atoms. The Balaban J connectivity index is 3.10. The molecule has 0 unspecified atom stereocenters. The minimum atomic E-state index is -4.39. The predicted molar refractivity (Wildman–Crippen MR) is 53.5 cm³/mol. The van der Waals surface area contributed by atoms with Crippen LogP contribution in [-0.4, -0.2) is 10.7 Å². The Hall–Kier alpha value is -0.750. The van der Waals surface area contributed by atoms with E-state index in [9.17, 15) is 13.2 Å². The van der Waals surface area contributed by atoms with Gasteiger partial charge in [-0.2, -0.15) is 13.2 Å². The van der Waals surface area contributed by atoms with Crippen LogP contribution in [-0.2, 0) is 12.7 Å². The Kier molecular flexibility index (Phi) is 3.98. The van der Waals surface area contributed by atoms with Crippen LogP contribution >= 0.6 is 11.8 Å². The van der Waals surface area contributed by atoms with E-state index in [1.807, 2.05) is 6.92 Å². The van der Waals surface area contributed by atoms with E-state index in [1.54, 1.807) is 0 Å². The van der Waals surface area contributed by atoms with Crippen LogP contribution < -0.4 is 5.73 Å². The van der Waals surface area contributed by atoms with Gasteiger partial charge < -0.3 is 5.73 Å². The largest absolute Gasteiger partial charge is 0.433 e. The van der Waals surface area contributed by atoms with Crippen LogP contribution in [0, 0.1) is 0 Å². The summed E-state index contributed by atoms with van der Waals surface area (Å²) in [6.45, 7) is 2.06. The smallest absolute Gasteiger partial charge is 0.326 e. The summed E-state index contributed by atoms with van der Waals surface area (Å²) in [6, 6.07) is 2.34. The monoisotopic (exact) mass is 236 g/mol. The topological polar surface area (TPSA) is 38.9 Å². The molecule has 2 nitrogen and oxygen atoms in total. The second-order valence-corrected chi connectivity index (χ2v) is 4.05. The summed E-state index contributed by atoms with van der Waals surface area (Å²) >= 11 is 1.27. The van der Waals surface area contributed by atoms with E-state index in [0.717, 1.165) is 6.07 Å². The SMILES string of the molecule is CCSc1nc(C(F)(F)F)ccc1CN. The van der Waals surface area contributed by atoms with Crippen molar-refractivity contribution >= 4 is 11.8 Å². The van der Waals surface area contributed by atoms with Crippen LogP contribution in [0.25, 0.3) is 0 Å². The lowest BCUT2D eigenvalue weighted by molar-refractivity contribution is -0.141. The zero-order chi connectivity index (χ0) is 11.5. The molecule has 0 aliphatic heterocycles. The number of hydrogen-bond acceptors (Lipinski definition) is 3. The molecule has 0 saturated carbocycles. The van der Waals surface area contributed by atoms with Gasteiger partial charge in [0.25, 0.3) is 0 Å². The van der Waals surface area contributed by atoms with E-state index in [1.165, 1.54) is 17.8 Å². The fourth-order valence-electron chi connectivity index (χ4n) is 1.04. The summed E-state index contributed by atoms with van der Waals surface area (Å²) in [7, 11) is 0. The third-order valence-corrected chi connectivity index (χ3v) is 2.65. The zero-order valence-electron chi connectivity index (χ0n) is 8.14. The van der Waals surface area contributed by atoms with Crippen LogP contribution in [0.3, 0.4) is 0 Å². The molecule has 0 aliphatic rings. The number of alkyl halides is 3. The molecule has 1 heterocycles. The van der Waals surface area contributed by atoms with Gasteiger partial charge in [0.05, 0.1) is 0 Å². The number of halogens is 3. The number of pyridine rings is 1. The lowest BCUT2D eigenvalue weighted by Crippen LogP contribution is -2.10. The number of nitrogens with two attached hydrogens (primary N) is 1. The third-order valence-electron chi connectivity index (χ3n) is 1.73. The molecule has 1 aromatic heterocycles. The molecular formula is C9H11F3N2S. The molecule has 0 saturated heterocycles. The van der Waals surface area contributed by atoms with Gasteiger partial charge in [-0.1, -0.05) is 13.0 Å². The highest BCUT2D eigenvalue weighted by Gasteiger charge is 2.32. The molecule has 1 rings (SSSR count). The van der Waals surface area contributed by atoms with Gasteiger partial charge >= 0.3 is 6.18 Å². The van der Waals surface area contributed by atoms with Crippen LogP contribution in [0.2, 0.25) is 0 Å². The average Bonchev–Trinajstić information content (AvgIpc) is 2.17. The number of nitrogens with zero attached hydrogens (tertiary/aromatic N) is 1. The van der Waals surface area contributed by atoms with Crippen molar-refractivity contribution in [2.24, 2.45) is 5.73 Å². The first-order valence-corrected chi connectivity index (χ1v) is 5.37. The van der Waals surface area contributed by atoms with Crippen molar-refractivity contribution in [3.05, 3.63) is 23.4 Å². The Morgan fingerprint density at radius 1 is 1.40 bits per heavy atom. The van der Waals surface area contributed by atoms with Gasteiger partial charge in [-0.3, -0.25) is 0 Å². The fraction of sp³-hybridized carbons (Fsp3) is 0.444. The maximum absolute atomic E-state index is 12.3. The standard InChI is InChI=1S/C9H11F3N2S/c1-2-15-8-6(5-13)3-4-7(14-8)9(10,11)12/h3-4H,2,5,13H2,1H3. The number of rotatable bonds is 3. The minimum Gasteiger partial charge on any atom is -0.326 e. The van der Waals surface area contributed by atoms with Crippen LogP contribution in [0.1, 0.15) is 18.2 Å². The third kappa shape index (κ3) is 3.10. The molecule has 6 heteroatoms. The van der Waals surface area contributed by atoms with Crippen molar-refractivity contribution in [3.8, 4) is 0 Å². The lowest BCUT2D eigenvalue weighted by Gasteiger charge is -2.10. The van der Waals surface area contributed by atoms with Crippen molar-refractivity contribution in [1.29, 1.82) is 0 Å². The Morgan fingerprint density at radius 3 is 2.53 bits per heavy atom. The summed E-state index contributed by atoms with van der Waals surface area (Å²) in [5, 5.41) is 0.370. The summed E-state index contributed by atoms with van der Waals surface area (Å²) in [4.78, 5) is 3.56. The Morgan fingerprint density at radius 2 is 2.07 bits per heavy atom. The summed E-state index contributed by atoms with van der Waals surface area (Å²) in [5.74, 6) is 0.668. The highest BCUT2D eigenvalue weighted by molar-refractivity contribution is 7.99. The second kappa shape index (κ2) is 4.85. The Labute approximate surface area is 90.1 Å². The normalized spacial score (nSPS) is 11.8. The van der Waals surface area contributed by atoms with Gasteiger partial charge in [0.15, 0.2) is 0 Å². The maximum atomic E-state index is 12.3. The van der Waals surface area contributed by atoms with Crippen molar-refractivity contribution in [2.45, 2.75) is 24.7 Å². The number of aromatic nitrogens is 1. The number of hydrogen-bond donors (Lipinski definition) is 1. The highest BCUT2D eigenvalue weighted by Crippen LogP contribution is 2.30. The van der Waals surface area contributed by atoms with Crippen molar-refractivity contribution in [1.82, 2.24) is 4.98 Å². The van der Waals surface area contributed by atoms with Crippen LogP contribution in [0.4, 0.5) is 13.2 Å². The molecule has 0 fully saturated rings. The molecule has 0 amide bonds. The van der Waals surface area contributed by atoms with Gasteiger partial charge in [-0.05, 0) is 17.4 Å². The lowest BCUT2D eigenvalue weighted by atomic mass is 10.2. The first-order chi connectivity index (χ1) is 6.99. The molecule has 0 aliphatic carbocycles. The molecule has 15 heavy (non-hydrogen) atoms. The van der Waals surface area contributed by atoms with Crippen molar-refractivity contribution in [3.63, 3.8) is 0 Å². The quantitative estimate of drug-likeness (QED) is 0.820. The van der Waals surface area contributed by atoms with Gasteiger partial charge in [-0.15, -0.1) is 11.8 Å². The minimum absolute atomic E-state index is 0.202. The van der Waals surface area contributed by atoms with Gasteiger partial charge in [0.2, 0.25) is 0 Å². The van der Waals surface area contributed by atoms with Gasteiger partial charge in [-0.25, -0.2) is 4.98 Å². The zero-order valence-corrected chi connectivity index (χ0v) is 8.95. The van der Waals surface area contributed by atoms with Crippen LogP contribution in [0.15, 0.2) is 17.2 Å². The molecule has 1 aromatic rings. The second-order valence-electron chi connectivity index (χ2n) is 2.80. The van der Waals surface area contributed by atoms with Crippen molar-refractivity contribution < 1.29 is 13.2 Å². The summed E-state index contributed by atoms with van der Waals surface area (Å²) in [5.41, 5.74) is 5.19. The molecule has 2 N–H and O–H groups in total. The number of thioether (sulfide) groups is 1. The van der Waals surface area contributed by atoms with E-state index >= 15 is 0 Å². The fourth-order valence-corrected chi connectivity index (χ4v) is 1.82. The molecule has 0 atom stereocenters. The van der Waals surface area contributed by atoms with Crippen LogP contribution in [0.5, 0.6) is 0 Å². The highest BCUT2D eigenvalue weighted by atomic mass is 32.2. The van der Waals surface area contributed by atoms with E-state index in [0.29, 0.717) is 16.3 Å². The predicted octanol–water partition coefficient (Wildman–Crippen LogP) is 2.67.